The van der Waals surface area contributed by atoms with Crippen LogP contribution in [-0.4, -0.2) is 46.9 Å². The average Bonchev–Trinajstić information content (AvgIpc) is 2.61. The smallest absolute Gasteiger partial charge is 0.256 e. The van der Waals surface area contributed by atoms with E-state index in [0.29, 0.717) is 23.7 Å². The van der Waals surface area contributed by atoms with Gasteiger partial charge in [-0.1, -0.05) is 12.1 Å². The highest BCUT2D eigenvalue weighted by Gasteiger charge is 2.19. The van der Waals surface area contributed by atoms with Crippen LogP contribution in [-0.2, 0) is 6.54 Å². The Labute approximate surface area is 146 Å². The van der Waals surface area contributed by atoms with Crippen molar-refractivity contribution in [1.82, 2.24) is 9.88 Å². The van der Waals surface area contributed by atoms with Crippen LogP contribution in [0.3, 0.4) is 0 Å². The topological polar surface area (TPSA) is 62.7 Å². The molecule has 0 radical (unpaired) electrons. The van der Waals surface area contributed by atoms with Gasteiger partial charge in [-0.05, 0) is 43.0 Å². The lowest BCUT2D eigenvalue weighted by molar-refractivity contribution is 0.0703. The summed E-state index contributed by atoms with van der Waals surface area (Å²) in [6.07, 6.45) is 3.56. The maximum absolute atomic E-state index is 12.9. The summed E-state index contributed by atoms with van der Waals surface area (Å²) in [7, 11) is 0. The van der Waals surface area contributed by atoms with E-state index in [1.54, 1.807) is 23.2 Å². The minimum atomic E-state index is -0.136. The first-order valence-electron chi connectivity index (χ1n) is 7.80. The molecule has 1 aromatic heterocycles. The van der Waals surface area contributed by atoms with Crippen LogP contribution in [0.1, 0.15) is 22.8 Å². The van der Waals surface area contributed by atoms with E-state index < -0.39 is 0 Å². The summed E-state index contributed by atoms with van der Waals surface area (Å²) < 4.78 is 5.50. The molecule has 1 amide bonds. The third-order valence-corrected chi connectivity index (χ3v) is 4.15. The molecule has 0 aliphatic rings. The number of carbonyl (C=O) groups excluding carboxylic acids is 1. The lowest BCUT2D eigenvalue weighted by Crippen LogP contribution is -2.33. The van der Waals surface area contributed by atoms with Crippen LogP contribution in [0.2, 0.25) is 0 Å². The molecule has 1 aromatic carbocycles. The van der Waals surface area contributed by atoms with Crippen molar-refractivity contribution in [2.24, 2.45) is 0 Å². The molecule has 5 nitrogen and oxygen atoms in total. The van der Waals surface area contributed by atoms with Crippen molar-refractivity contribution in [3.05, 3.63) is 53.7 Å². The highest BCUT2D eigenvalue weighted by Crippen LogP contribution is 2.21. The molecule has 128 valence electrons. The van der Waals surface area contributed by atoms with Gasteiger partial charge in [0.1, 0.15) is 10.8 Å². The Morgan fingerprint density at radius 2 is 2.17 bits per heavy atom. The van der Waals surface area contributed by atoms with Gasteiger partial charge in [-0.15, -0.1) is 11.8 Å². The summed E-state index contributed by atoms with van der Waals surface area (Å²) in [6.45, 7) is 3.10. The zero-order valence-electron chi connectivity index (χ0n) is 13.9. The number of aromatic nitrogens is 1. The fraction of sp³-hybridized carbons (Fsp3) is 0.333. The van der Waals surface area contributed by atoms with Crippen LogP contribution in [0.15, 0.2) is 47.6 Å². The molecule has 0 aliphatic heterocycles. The standard InChI is InChI=1S/C18H22N2O3S/c1-3-23-15-7-4-6-14(12-15)13-20(10-11-21)18(22)16-8-5-9-19-17(16)24-2/h4-9,12,21H,3,10-11,13H2,1-2H3. The first-order chi connectivity index (χ1) is 11.7. The van der Waals surface area contributed by atoms with Crippen LogP contribution in [0, 0.1) is 0 Å². The number of aliphatic hydroxyl groups is 1. The molecule has 0 saturated carbocycles. The molecule has 6 heteroatoms. The fourth-order valence-electron chi connectivity index (χ4n) is 2.38. The quantitative estimate of drug-likeness (QED) is 0.745. The Hall–Kier alpha value is -2.05. The number of thioether (sulfide) groups is 1. The second-order valence-electron chi connectivity index (χ2n) is 5.09. The van der Waals surface area contributed by atoms with Gasteiger partial charge in [0.05, 0.1) is 18.8 Å². The minimum absolute atomic E-state index is 0.0915. The predicted octanol–water partition coefficient (Wildman–Crippen LogP) is 2.84. The van der Waals surface area contributed by atoms with E-state index in [-0.39, 0.29) is 19.1 Å². The number of ether oxygens (including phenoxy) is 1. The lowest BCUT2D eigenvalue weighted by Gasteiger charge is -2.23. The van der Waals surface area contributed by atoms with Crippen molar-refractivity contribution >= 4 is 17.7 Å². The fourth-order valence-corrected chi connectivity index (χ4v) is 2.92. The van der Waals surface area contributed by atoms with Crippen LogP contribution in [0.4, 0.5) is 0 Å². The molecule has 24 heavy (non-hydrogen) atoms. The van der Waals surface area contributed by atoms with Gasteiger partial charge < -0.3 is 14.7 Å². The van der Waals surface area contributed by atoms with Crippen molar-refractivity contribution in [2.75, 3.05) is 26.0 Å². The van der Waals surface area contributed by atoms with Crippen molar-refractivity contribution in [1.29, 1.82) is 0 Å². The van der Waals surface area contributed by atoms with Gasteiger partial charge in [-0.3, -0.25) is 4.79 Å². The van der Waals surface area contributed by atoms with Gasteiger partial charge >= 0.3 is 0 Å². The van der Waals surface area contributed by atoms with Crippen LogP contribution in [0.25, 0.3) is 0 Å². The zero-order chi connectivity index (χ0) is 17.4. The van der Waals surface area contributed by atoms with E-state index in [1.165, 1.54) is 11.8 Å². The predicted molar refractivity (Wildman–Crippen MR) is 95.5 cm³/mol. The number of carbonyl (C=O) groups is 1. The molecule has 0 fully saturated rings. The Bertz CT molecular complexity index is 679. The SMILES string of the molecule is CCOc1cccc(CN(CCO)C(=O)c2cccnc2SC)c1. The number of pyridine rings is 1. The van der Waals surface area contributed by atoms with E-state index in [1.807, 2.05) is 37.4 Å². The van der Waals surface area contributed by atoms with Gasteiger partial charge in [-0.25, -0.2) is 4.98 Å². The van der Waals surface area contributed by atoms with Gasteiger partial charge in [-0.2, -0.15) is 0 Å². The average molecular weight is 346 g/mol. The summed E-state index contributed by atoms with van der Waals surface area (Å²) in [6, 6.07) is 11.2. The Balaban J connectivity index is 2.22. The maximum atomic E-state index is 12.9. The van der Waals surface area contributed by atoms with Crippen molar-refractivity contribution in [3.8, 4) is 5.75 Å². The monoisotopic (exact) mass is 346 g/mol. The van der Waals surface area contributed by atoms with E-state index in [4.69, 9.17) is 4.74 Å². The summed E-state index contributed by atoms with van der Waals surface area (Å²) in [5.74, 6) is 0.640. The normalized spacial score (nSPS) is 10.5. The maximum Gasteiger partial charge on any atom is 0.256 e. The molecule has 2 aromatic rings. The molecule has 2 rings (SSSR count). The van der Waals surface area contributed by atoms with Crippen LogP contribution >= 0.6 is 11.8 Å². The highest BCUT2D eigenvalue weighted by atomic mass is 32.2. The van der Waals surface area contributed by atoms with Gasteiger partial charge in [0.15, 0.2) is 0 Å². The van der Waals surface area contributed by atoms with Crippen LogP contribution < -0.4 is 4.74 Å². The largest absolute Gasteiger partial charge is 0.494 e. The first-order valence-corrected chi connectivity index (χ1v) is 9.03. The van der Waals surface area contributed by atoms with Crippen molar-refractivity contribution < 1.29 is 14.6 Å². The Morgan fingerprint density at radius 3 is 2.88 bits per heavy atom. The Morgan fingerprint density at radius 1 is 1.33 bits per heavy atom. The number of amides is 1. The van der Waals surface area contributed by atoms with Gasteiger partial charge in [0.2, 0.25) is 0 Å². The summed E-state index contributed by atoms with van der Waals surface area (Å²) >= 11 is 1.43. The van der Waals surface area contributed by atoms with E-state index in [9.17, 15) is 9.90 Å². The highest BCUT2D eigenvalue weighted by molar-refractivity contribution is 7.98. The molecule has 0 bridgehead atoms. The van der Waals surface area contributed by atoms with E-state index in [2.05, 4.69) is 4.98 Å². The number of benzene rings is 1. The number of nitrogens with zero attached hydrogens (tertiary/aromatic N) is 2. The molecular formula is C18H22N2O3S. The Kier molecular flexibility index (Phi) is 7.08. The molecule has 0 atom stereocenters. The molecule has 1 N–H and O–H groups in total. The number of aliphatic hydroxyl groups excluding tert-OH is 1. The second kappa shape index (κ2) is 9.30. The minimum Gasteiger partial charge on any atom is -0.494 e. The van der Waals surface area contributed by atoms with Gasteiger partial charge in [0.25, 0.3) is 5.91 Å². The zero-order valence-corrected chi connectivity index (χ0v) is 14.8. The van der Waals surface area contributed by atoms with Gasteiger partial charge in [0, 0.05) is 19.3 Å². The summed E-state index contributed by atoms with van der Waals surface area (Å²) in [5.41, 5.74) is 1.51. The van der Waals surface area contributed by atoms with Crippen molar-refractivity contribution in [3.63, 3.8) is 0 Å². The number of hydrogen-bond donors (Lipinski definition) is 1. The molecule has 1 heterocycles. The summed E-state index contributed by atoms with van der Waals surface area (Å²) in [4.78, 5) is 18.7. The molecule has 0 saturated heterocycles. The molecule has 0 aliphatic carbocycles. The molecule has 0 unspecified atom stereocenters. The second-order valence-corrected chi connectivity index (χ2v) is 5.89. The van der Waals surface area contributed by atoms with Crippen LogP contribution in [0.5, 0.6) is 5.75 Å². The lowest BCUT2D eigenvalue weighted by atomic mass is 10.1. The number of rotatable bonds is 8. The van der Waals surface area contributed by atoms with Crippen molar-refractivity contribution in [2.45, 2.75) is 18.5 Å². The number of hydrogen-bond acceptors (Lipinski definition) is 5. The van der Waals surface area contributed by atoms with E-state index in [0.717, 1.165) is 11.3 Å². The third-order valence-electron chi connectivity index (χ3n) is 3.43. The molecule has 0 spiro atoms. The first kappa shape index (κ1) is 18.3. The third kappa shape index (κ3) is 4.72. The molecular weight excluding hydrogens is 324 g/mol. The van der Waals surface area contributed by atoms with E-state index >= 15 is 0 Å². The summed E-state index contributed by atoms with van der Waals surface area (Å²) in [5, 5.41) is 10.0.